The minimum Gasteiger partial charge on any atom is -0.468 e. The van der Waals surface area contributed by atoms with Gasteiger partial charge in [-0.25, -0.2) is 0 Å². The molecule has 0 aliphatic carbocycles. The van der Waals surface area contributed by atoms with E-state index in [9.17, 15) is 15.0 Å². The second-order valence-electron chi connectivity index (χ2n) is 4.80. The molecule has 0 bridgehead atoms. The molecule has 0 spiro atoms. The fourth-order valence-electron chi connectivity index (χ4n) is 2.26. The third-order valence-corrected chi connectivity index (χ3v) is 3.72. The maximum atomic E-state index is 12.2. The first-order valence-electron chi connectivity index (χ1n) is 6.33. The molecule has 1 saturated heterocycles. The molecule has 0 saturated carbocycles. The molecule has 6 nitrogen and oxygen atoms in total. The van der Waals surface area contributed by atoms with Crippen LogP contribution in [-0.4, -0.2) is 52.9 Å². The van der Waals surface area contributed by atoms with Gasteiger partial charge in [0.2, 0.25) is 0 Å². The third kappa shape index (κ3) is 2.59. The number of ether oxygens (including phenoxy) is 1. The monoisotopic (exact) mass is 269 g/mol. The molecule has 2 heterocycles. The second kappa shape index (κ2) is 5.22. The number of aliphatic hydroxyl groups is 2. The largest absolute Gasteiger partial charge is 0.468 e. The molecule has 0 radical (unpaired) electrons. The van der Waals surface area contributed by atoms with E-state index < -0.39 is 11.7 Å². The first-order valence-corrected chi connectivity index (χ1v) is 6.33. The Morgan fingerprint density at radius 2 is 2.37 bits per heavy atom. The van der Waals surface area contributed by atoms with Gasteiger partial charge in [-0.2, -0.15) is 0 Å². The Labute approximate surface area is 111 Å². The second-order valence-corrected chi connectivity index (χ2v) is 4.80. The standard InChI is InChI=1S/C13H19NO5/c1-3-13(17)6-7-14(8-10(13)15)12(16)9-4-5-11(18-2)19-9/h4-5,10,15,17H,3,6-8H2,1-2H3/t10-,13-/m1/s1. The summed E-state index contributed by atoms with van der Waals surface area (Å²) in [5.41, 5.74) is -1.10. The van der Waals surface area contributed by atoms with Crippen molar-refractivity contribution in [1.82, 2.24) is 4.90 Å². The van der Waals surface area contributed by atoms with E-state index >= 15 is 0 Å². The Morgan fingerprint density at radius 3 is 2.89 bits per heavy atom. The van der Waals surface area contributed by atoms with E-state index in [0.29, 0.717) is 19.4 Å². The molecule has 2 N–H and O–H groups in total. The third-order valence-electron chi connectivity index (χ3n) is 3.72. The Kier molecular flexibility index (Phi) is 3.82. The van der Waals surface area contributed by atoms with Crippen molar-refractivity contribution in [1.29, 1.82) is 0 Å². The van der Waals surface area contributed by atoms with Gasteiger partial charge in [-0.1, -0.05) is 6.92 Å². The number of amides is 1. The molecule has 0 unspecified atom stereocenters. The molecule has 1 fully saturated rings. The van der Waals surface area contributed by atoms with Crippen LogP contribution in [-0.2, 0) is 0 Å². The molecule has 1 aliphatic heterocycles. The number of nitrogens with zero attached hydrogens (tertiary/aromatic N) is 1. The zero-order chi connectivity index (χ0) is 14.0. The van der Waals surface area contributed by atoms with Gasteiger partial charge in [0.25, 0.3) is 11.9 Å². The normalized spacial score (nSPS) is 27.4. The summed E-state index contributed by atoms with van der Waals surface area (Å²) in [5, 5.41) is 20.1. The fourth-order valence-corrected chi connectivity index (χ4v) is 2.26. The summed E-state index contributed by atoms with van der Waals surface area (Å²) in [4.78, 5) is 13.6. The van der Waals surface area contributed by atoms with E-state index in [2.05, 4.69) is 0 Å². The van der Waals surface area contributed by atoms with Crippen LogP contribution in [0.5, 0.6) is 5.95 Å². The molecule has 0 aromatic carbocycles. The average molecular weight is 269 g/mol. The Balaban J connectivity index is 2.06. The number of carbonyl (C=O) groups is 1. The van der Waals surface area contributed by atoms with Gasteiger partial charge >= 0.3 is 0 Å². The number of aliphatic hydroxyl groups excluding tert-OH is 1. The van der Waals surface area contributed by atoms with Crippen molar-refractivity contribution in [2.45, 2.75) is 31.5 Å². The molecule has 106 valence electrons. The molecule has 19 heavy (non-hydrogen) atoms. The van der Waals surface area contributed by atoms with Crippen molar-refractivity contribution in [3.63, 3.8) is 0 Å². The molecule has 2 atom stereocenters. The summed E-state index contributed by atoms with van der Waals surface area (Å²) in [7, 11) is 1.46. The smallest absolute Gasteiger partial charge is 0.289 e. The molecule has 1 aliphatic rings. The highest BCUT2D eigenvalue weighted by Crippen LogP contribution is 2.27. The summed E-state index contributed by atoms with van der Waals surface area (Å²) < 4.78 is 10.1. The van der Waals surface area contributed by atoms with Crippen molar-refractivity contribution >= 4 is 5.91 Å². The van der Waals surface area contributed by atoms with E-state index in [1.165, 1.54) is 18.1 Å². The van der Waals surface area contributed by atoms with Crippen LogP contribution in [0.15, 0.2) is 16.5 Å². The number of likely N-dealkylation sites (tertiary alicyclic amines) is 1. The van der Waals surface area contributed by atoms with Crippen LogP contribution in [0.4, 0.5) is 0 Å². The summed E-state index contributed by atoms with van der Waals surface area (Å²) >= 11 is 0. The topological polar surface area (TPSA) is 83.1 Å². The molecule has 6 heteroatoms. The van der Waals surface area contributed by atoms with Crippen molar-refractivity contribution in [3.05, 3.63) is 17.9 Å². The molecule has 1 amide bonds. The van der Waals surface area contributed by atoms with E-state index in [1.54, 1.807) is 6.07 Å². The summed E-state index contributed by atoms with van der Waals surface area (Å²) in [6, 6.07) is 3.10. The number of β-amino-alcohol motifs (C(OH)–C–C–N with tert-alkyl or cyclic N) is 1. The minimum absolute atomic E-state index is 0.103. The zero-order valence-corrected chi connectivity index (χ0v) is 11.1. The highest BCUT2D eigenvalue weighted by molar-refractivity contribution is 5.91. The van der Waals surface area contributed by atoms with Crippen molar-refractivity contribution in [2.24, 2.45) is 0 Å². The predicted octanol–water partition coefficient (Wildman–Crippen LogP) is 0.636. The summed E-state index contributed by atoms with van der Waals surface area (Å²) in [6.45, 7) is 2.31. The average Bonchev–Trinajstić information content (AvgIpc) is 2.90. The number of furan rings is 1. The van der Waals surface area contributed by atoms with Gasteiger partial charge in [-0.05, 0) is 18.9 Å². The first kappa shape index (κ1) is 13.9. The van der Waals surface area contributed by atoms with E-state index in [1.807, 2.05) is 6.92 Å². The number of carbonyl (C=O) groups excluding carboxylic acids is 1. The highest BCUT2D eigenvalue weighted by Gasteiger charge is 2.40. The van der Waals surface area contributed by atoms with Crippen LogP contribution in [0.25, 0.3) is 0 Å². The van der Waals surface area contributed by atoms with Crippen molar-refractivity contribution < 1.29 is 24.2 Å². The number of piperidine rings is 1. The predicted molar refractivity (Wildman–Crippen MR) is 67.0 cm³/mol. The van der Waals surface area contributed by atoms with Crippen LogP contribution in [0, 0.1) is 0 Å². The Morgan fingerprint density at radius 1 is 1.63 bits per heavy atom. The number of methoxy groups -OCH3 is 1. The number of hydrogen-bond acceptors (Lipinski definition) is 5. The van der Waals surface area contributed by atoms with E-state index in [0.717, 1.165) is 0 Å². The van der Waals surface area contributed by atoms with Crippen LogP contribution in [0.2, 0.25) is 0 Å². The Hall–Kier alpha value is -1.53. The lowest BCUT2D eigenvalue weighted by molar-refractivity contribution is -0.114. The molecule has 1 aromatic heterocycles. The van der Waals surface area contributed by atoms with Crippen LogP contribution < -0.4 is 4.74 Å². The SMILES string of the molecule is CC[C@@]1(O)CCN(C(=O)c2ccc(OC)o2)C[C@H]1O. The van der Waals surface area contributed by atoms with Gasteiger partial charge < -0.3 is 24.3 Å². The highest BCUT2D eigenvalue weighted by atomic mass is 16.6. The lowest BCUT2D eigenvalue weighted by Gasteiger charge is -2.41. The van der Waals surface area contributed by atoms with Gasteiger partial charge in [0.15, 0.2) is 5.76 Å². The van der Waals surface area contributed by atoms with Crippen LogP contribution >= 0.6 is 0 Å². The maximum absolute atomic E-state index is 12.2. The first-order chi connectivity index (χ1) is 9.00. The van der Waals surface area contributed by atoms with Gasteiger partial charge in [-0.3, -0.25) is 4.79 Å². The molecule has 1 aromatic rings. The number of rotatable bonds is 3. The zero-order valence-electron chi connectivity index (χ0n) is 11.1. The van der Waals surface area contributed by atoms with E-state index in [4.69, 9.17) is 9.15 Å². The van der Waals surface area contributed by atoms with Crippen molar-refractivity contribution in [3.8, 4) is 5.95 Å². The van der Waals surface area contributed by atoms with Crippen LogP contribution in [0.3, 0.4) is 0 Å². The van der Waals surface area contributed by atoms with Gasteiger partial charge in [0, 0.05) is 19.2 Å². The summed E-state index contributed by atoms with van der Waals surface area (Å²) in [5.74, 6) is 0.137. The molecule has 2 rings (SSSR count). The van der Waals surface area contributed by atoms with Gasteiger partial charge in [0.1, 0.15) is 6.10 Å². The van der Waals surface area contributed by atoms with Gasteiger partial charge in [0.05, 0.1) is 12.7 Å². The summed E-state index contributed by atoms with van der Waals surface area (Å²) in [6.07, 6.45) is -0.119. The van der Waals surface area contributed by atoms with Crippen molar-refractivity contribution in [2.75, 3.05) is 20.2 Å². The minimum atomic E-state index is -1.10. The fraction of sp³-hybridized carbons (Fsp3) is 0.615. The van der Waals surface area contributed by atoms with Crippen LogP contribution in [0.1, 0.15) is 30.3 Å². The Bertz CT molecular complexity index is 458. The molecular weight excluding hydrogens is 250 g/mol. The lowest BCUT2D eigenvalue weighted by Crippen LogP contribution is -2.56. The van der Waals surface area contributed by atoms with Gasteiger partial charge in [-0.15, -0.1) is 0 Å². The molecular formula is C13H19NO5. The lowest BCUT2D eigenvalue weighted by atomic mass is 9.86. The maximum Gasteiger partial charge on any atom is 0.289 e. The quantitative estimate of drug-likeness (QED) is 0.841. The van der Waals surface area contributed by atoms with E-state index in [-0.39, 0.29) is 24.2 Å². The number of hydrogen-bond donors (Lipinski definition) is 2.